The van der Waals surface area contributed by atoms with Crippen LogP contribution in [0.3, 0.4) is 0 Å². The summed E-state index contributed by atoms with van der Waals surface area (Å²) in [5, 5.41) is 6.95. The van der Waals surface area contributed by atoms with Crippen LogP contribution in [0, 0.1) is 5.82 Å². The summed E-state index contributed by atoms with van der Waals surface area (Å²) in [6, 6.07) is 8.25. The zero-order valence-electron chi connectivity index (χ0n) is 15.3. The molecule has 25 heavy (non-hydrogen) atoms. The maximum atomic E-state index is 13.2. The average molecular weight is 346 g/mol. The Morgan fingerprint density at radius 3 is 2.72 bits per heavy atom. The first-order valence-corrected chi connectivity index (χ1v) is 9.78. The van der Waals surface area contributed by atoms with Crippen LogP contribution in [0.25, 0.3) is 0 Å². The van der Waals surface area contributed by atoms with Crippen molar-refractivity contribution in [2.45, 2.75) is 57.5 Å². The zero-order valence-corrected chi connectivity index (χ0v) is 15.3. The number of hydrogen-bond donors (Lipinski definition) is 2. The smallest absolute Gasteiger partial charge is 0.191 e. The van der Waals surface area contributed by atoms with E-state index < -0.39 is 0 Å². The third-order valence-corrected chi connectivity index (χ3v) is 5.06. The van der Waals surface area contributed by atoms with Crippen LogP contribution in [-0.2, 0) is 6.42 Å². The molecule has 0 bridgehead atoms. The molecule has 0 aromatic heterocycles. The summed E-state index contributed by atoms with van der Waals surface area (Å²) in [5.74, 6) is 0.764. The lowest BCUT2D eigenvalue weighted by Crippen LogP contribution is -2.49. The van der Waals surface area contributed by atoms with Crippen LogP contribution in [-0.4, -0.2) is 49.1 Å². The van der Waals surface area contributed by atoms with Crippen LogP contribution in [0.2, 0.25) is 0 Å². The Balaban J connectivity index is 1.41. The highest BCUT2D eigenvalue weighted by molar-refractivity contribution is 5.80. The Hall–Kier alpha value is -1.62. The minimum Gasteiger partial charge on any atom is -0.357 e. The van der Waals surface area contributed by atoms with Crippen LogP contribution < -0.4 is 10.6 Å². The number of benzene rings is 1. The van der Waals surface area contributed by atoms with Gasteiger partial charge in [-0.25, -0.2) is 4.39 Å². The molecule has 0 radical (unpaired) electrons. The molecule has 1 aliphatic carbocycles. The van der Waals surface area contributed by atoms with Crippen LogP contribution in [0.4, 0.5) is 4.39 Å². The number of nitrogens with zero attached hydrogens (tertiary/aromatic N) is 2. The van der Waals surface area contributed by atoms with Crippen LogP contribution in [0.5, 0.6) is 0 Å². The minimum absolute atomic E-state index is 0.159. The monoisotopic (exact) mass is 346 g/mol. The van der Waals surface area contributed by atoms with Crippen molar-refractivity contribution in [2.24, 2.45) is 4.99 Å². The fourth-order valence-corrected chi connectivity index (χ4v) is 3.53. The van der Waals surface area contributed by atoms with E-state index in [9.17, 15) is 4.39 Å². The molecule has 1 aromatic carbocycles. The molecule has 1 aromatic rings. The van der Waals surface area contributed by atoms with Crippen LogP contribution in [0.15, 0.2) is 29.3 Å². The molecule has 2 fully saturated rings. The van der Waals surface area contributed by atoms with Gasteiger partial charge in [-0.15, -0.1) is 0 Å². The summed E-state index contributed by atoms with van der Waals surface area (Å²) in [7, 11) is 0. The van der Waals surface area contributed by atoms with E-state index in [-0.39, 0.29) is 5.82 Å². The van der Waals surface area contributed by atoms with Gasteiger partial charge >= 0.3 is 0 Å². The fraction of sp³-hybridized carbons (Fsp3) is 0.650. The number of aliphatic imine (C=N–C) groups is 1. The summed E-state index contributed by atoms with van der Waals surface area (Å²) < 4.78 is 13.2. The highest BCUT2D eigenvalue weighted by Gasteiger charge is 2.31. The zero-order chi connectivity index (χ0) is 17.5. The maximum Gasteiger partial charge on any atom is 0.191 e. The molecule has 1 heterocycles. The highest BCUT2D eigenvalue weighted by Crippen LogP contribution is 2.29. The fourth-order valence-electron chi connectivity index (χ4n) is 3.53. The van der Waals surface area contributed by atoms with Gasteiger partial charge in [0.25, 0.3) is 0 Å². The van der Waals surface area contributed by atoms with E-state index in [1.165, 1.54) is 44.8 Å². The van der Waals surface area contributed by atoms with Crippen LogP contribution in [0.1, 0.15) is 44.6 Å². The molecule has 1 saturated heterocycles. The van der Waals surface area contributed by atoms with Crippen molar-refractivity contribution in [1.82, 2.24) is 15.5 Å². The van der Waals surface area contributed by atoms with E-state index in [1.807, 2.05) is 6.07 Å². The van der Waals surface area contributed by atoms with Gasteiger partial charge in [-0.1, -0.05) is 12.1 Å². The van der Waals surface area contributed by atoms with E-state index in [0.717, 1.165) is 43.5 Å². The van der Waals surface area contributed by atoms with E-state index in [2.05, 4.69) is 22.5 Å². The Kier molecular flexibility index (Phi) is 6.68. The van der Waals surface area contributed by atoms with Gasteiger partial charge in [-0.3, -0.25) is 4.99 Å². The first-order valence-electron chi connectivity index (χ1n) is 9.78. The molecule has 0 amide bonds. The second-order valence-corrected chi connectivity index (χ2v) is 7.18. The lowest BCUT2D eigenvalue weighted by molar-refractivity contribution is 0.197. The molecule has 5 heteroatoms. The van der Waals surface area contributed by atoms with Gasteiger partial charge in [-0.05, 0) is 63.1 Å². The van der Waals surface area contributed by atoms with Crippen LogP contribution >= 0.6 is 0 Å². The third-order valence-electron chi connectivity index (χ3n) is 5.06. The Labute approximate surface area is 150 Å². The minimum atomic E-state index is -0.159. The molecule has 0 unspecified atom stereocenters. The second-order valence-electron chi connectivity index (χ2n) is 7.18. The molecular weight excluding hydrogens is 315 g/mol. The molecule has 1 saturated carbocycles. The molecule has 1 aliphatic heterocycles. The average Bonchev–Trinajstić information content (AvgIpc) is 3.45. The quantitative estimate of drug-likeness (QED) is 0.453. The second kappa shape index (κ2) is 9.18. The first-order chi connectivity index (χ1) is 12.2. The number of nitrogens with one attached hydrogen (secondary N) is 2. The van der Waals surface area contributed by atoms with Crippen molar-refractivity contribution in [2.75, 3.05) is 26.2 Å². The summed E-state index contributed by atoms with van der Waals surface area (Å²) in [5.41, 5.74) is 1.04. The number of hydrogen-bond acceptors (Lipinski definition) is 2. The van der Waals surface area contributed by atoms with Crippen molar-refractivity contribution < 1.29 is 4.39 Å². The van der Waals surface area contributed by atoms with Crippen molar-refractivity contribution in [3.63, 3.8) is 0 Å². The number of guanidine groups is 1. The number of rotatable bonds is 7. The van der Waals surface area contributed by atoms with Gasteiger partial charge in [0.15, 0.2) is 5.96 Å². The highest BCUT2D eigenvalue weighted by atomic mass is 19.1. The largest absolute Gasteiger partial charge is 0.357 e. The van der Waals surface area contributed by atoms with Crippen molar-refractivity contribution in [3.05, 3.63) is 35.6 Å². The van der Waals surface area contributed by atoms with Crippen molar-refractivity contribution in [3.8, 4) is 0 Å². The predicted octanol–water partition coefficient (Wildman–Crippen LogP) is 2.94. The predicted molar refractivity (Wildman–Crippen MR) is 101 cm³/mol. The van der Waals surface area contributed by atoms with E-state index in [1.54, 1.807) is 12.1 Å². The number of halogens is 1. The molecule has 4 nitrogen and oxygen atoms in total. The van der Waals surface area contributed by atoms with Gasteiger partial charge in [0.05, 0.1) is 0 Å². The summed E-state index contributed by atoms with van der Waals surface area (Å²) >= 11 is 0. The number of piperidine rings is 1. The van der Waals surface area contributed by atoms with Gasteiger partial charge < -0.3 is 15.5 Å². The number of likely N-dealkylation sites (tertiary alicyclic amines) is 1. The Bertz CT molecular complexity index is 563. The Morgan fingerprint density at radius 1 is 1.24 bits per heavy atom. The molecule has 2 N–H and O–H groups in total. The summed E-state index contributed by atoms with van der Waals surface area (Å²) in [6.07, 6.45) is 6.98. The van der Waals surface area contributed by atoms with Gasteiger partial charge in [0.2, 0.25) is 0 Å². The van der Waals surface area contributed by atoms with Gasteiger partial charge in [-0.2, -0.15) is 0 Å². The molecule has 3 rings (SSSR count). The lowest BCUT2D eigenvalue weighted by atomic mass is 10.1. The van der Waals surface area contributed by atoms with Gasteiger partial charge in [0, 0.05) is 38.3 Å². The Morgan fingerprint density at radius 2 is 2.04 bits per heavy atom. The van der Waals surface area contributed by atoms with Crippen molar-refractivity contribution in [1.29, 1.82) is 0 Å². The molecular formula is C20H31FN4. The summed E-state index contributed by atoms with van der Waals surface area (Å²) in [6.45, 7) is 6.14. The maximum absolute atomic E-state index is 13.2. The number of aryl methyl sites for hydroxylation is 1. The normalized spacial score (nSPS) is 19.8. The molecule has 0 atom stereocenters. The van der Waals surface area contributed by atoms with E-state index in [0.29, 0.717) is 6.04 Å². The lowest BCUT2D eigenvalue weighted by Gasteiger charge is -2.33. The molecule has 138 valence electrons. The van der Waals surface area contributed by atoms with Gasteiger partial charge in [0.1, 0.15) is 5.82 Å². The topological polar surface area (TPSA) is 39.7 Å². The SMILES string of the molecule is CCNC(=NCCCc1cccc(F)c1)NC1CCN(C2CC2)CC1. The summed E-state index contributed by atoms with van der Waals surface area (Å²) in [4.78, 5) is 7.34. The molecule has 2 aliphatic rings. The molecule has 0 spiro atoms. The first kappa shape index (κ1) is 18.2. The van der Waals surface area contributed by atoms with Crippen molar-refractivity contribution >= 4 is 5.96 Å². The third kappa shape index (κ3) is 5.99. The van der Waals surface area contributed by atoms with E-state index >= 15 is 0 Å². The van der Waals surface area contributed by atoms with E-state index in [4.69, 9.17) is 4.99 Å². The standard InChI is InChI=1S/C20H31FN4/c1-2-22-20(23-12-4-6-16-5-3-7-17(21)15-16)24-18-10-13-25(14-11-18)19-8-9-19/h3,5,7,15,18-19H,2,4,6,8-14H2,1H3,(H2,22,23,24).